The Bertz CT molecular complexity index is 684. The van der Waals surface area contributed by atoms with E-state index in [1.165, 1.54) is 5.39 Å². The van der Waals surface area contributed by atoms with Crippen LogP contribution in [0.25, 0.3) is 10.8 Å². The minimum Gasteiger partial charge on any atom is -0.298 e. The fourth-order valence-electron chi connectivity index (χ4n) is 2.83. The molecule has 0 bridgehead atoms. The minimum absolute atomic E-state index is 0.218. The Balaban J connectivity index is 1.95. The molecule has 21 heavy (non-hydrogen) atoms. The third-order valence-corrected chi connectivity index (χ3v) is 6.88. The van der Waals surface area contributed by atoms with Crippen molar-refractivity contribution >= 4 is 18.4 Å². The summed E-state index contributed by atoms with van der Waals surface area (Å²) in [5.41, 5.74) is 1.08. The van der Waals surface area contributed by atoms with Gasteiger partial charge in [0.1, 0.15) is 0 Å². The highest BCUT2D eigenvalue weighted by atomic mass is 31.2. The minimum atomic E-state index is -2.89. The van der Waals surface area contributed by atoms with E-state index in [0.717, 1.165) is 24.0 Å². The van der Waals surface area contributed by atoms with Gasteiger partial charge < -0.3 is 0 Å². The summed E-state index contributed by atoms with van der Waals surface area (Å²) < 4.78 is 22.7. The Morgan fingerprint density at radius 3 is 2.38 bits per heavy atom. The lowest BCUT2D eigenvalue weighted by atomic mass is 10.0. The molecule has 1 aliphatic rings. The van der Waals surface area contributed by atoms with Crippen LogP contribution in [0.15, 0.2) is 42.5 Å². The van der Waals surface area contributed by atoms with Crippen molar-refractivity contribution in [1.82, 2.24) is 9.34 Å². The summed E-state index contributed by atoms with van der Waals surface area (Å²) in [4.78, 5) is 0. The van der Waals surface area contributed by atoms with E-state index in [2.05, 4.69) is 24.3 Å². The summed E-state index contributed by atoms with van der Waals surface area (Å²) in [7, 11) is 0.837. The van der Waals surface area contributed by atoms with Crippen molar-refractivity contribution in [2.45, 2.75) is 13.0 Å². The first-order valence-electron chi connectivity index (χ1n) is 7.22. The Hall–Kier alpha value is -1.19. The summed E-state index contributed by atoms with van der Waals surface area (Å²) >= 11 is 0. The lowest BCUT2D eigenvalue weighted by molar-refractivity contribution is 0.194. The van der Waals surface area contributed by atoms with Crippen LogP contribution in [0.4, 0.5) is 0 Å². The molecule has 2 aromatic carbocycles. The Labute approximate surface area is 125 Å². The molecule has 0 aromatic heterocycles. The maximum Gasteiger partial charge on any atom is 0.346 e. The number of fused-ring (bicyclic) bond motifs is 1. The van der Waals surface area contributed by atoms with Gasteiger partial charge >= 0.3 is 7.67 Å². The molecular formula is C16H21N2O2P. The standard InChI is InChI=1S/C16H21N2O2P/c1-13(20-21(19)17(2)11-12-18(21)3)15-10-6-8-14-7-4-5-9-16(14)15/h4-10,13H,11-12H2,1-3H3/t13-/m1/s1. The SMILES string of the molecule is C[C@@H](OP1(=O)N(C)CCN1C)c1cccc2ccccc12. The van der Waals surface area contributed by atoms with Gasteiger partial charge in [-0.2, -0.15) is 0 Å². The van der Waals surface area contributed by atoms with Gasteiger partial charge in [-0.1, -0.05) is 42.5 Å². The van der Waals surface area contributed by atoms with Crippen LogP contribution in [0, 0.1) is 0 Å². The van der Waals surface area contributed by atoms with Crippen molar-refractivity contribution in [3.63, 3.8) is 0 Å². The molecule has 1 fully saturated rings. The monoisotopic (exact) mass is 304 g/mol. The molecule has 0 spiro atoms. The van der Waals surface area contributed by atoms with Gasteiger partial charge in [0.15, 0.2) is 0 Å². The third-order valence-electron chi connectivity index (χ3n) is 4.17. The van der Waals surface area contributed by atoms with Gasteiger partial charge in [0.25, 0.3) is 0 Å². The van der Waals surface area contributed by atoms with E-state index in [9.17, 15) is 4.57 Å². The number of likely N-dealkylation sites (N-methyl/N-ethyl adjacent to an activating group) is 2. The topological polar surface area (TPSA) is 32.8 Å². The molecule has 1 heterocycles. The largest absolute Gasteiger partial charge is 0.346 e. The van der Waals surface area contributed by atoms with E-state index in [1.807, 2.05) is 48.6 Å². The quantitative estimate of drug-likeness (QED) is 0.805. The molecule has 3 rings (SSSR count). The van der Waals surface area contributed by atoms with E-state index in [1.54, 1.807) is 0 Å². The van der Waals surface area contributed by atoms with Gasteiger partial charge in [-0.25, -0.2) is 9.34 Å². The lowest BCUT2D eigenvalue weighted by Crippen LogP contribution is -2.17. The summed E-state index contributed by atoms with van der Waals surface area (Å²) in [6, 6.07) is 14.4. The zero-order chi connectivity index (χ0) is 15.0. The average molecular weight is 304 g/mol. The molecule has 0 N–H and O–H groups in total. The van der Waals surface area contributed by atoms with Gasteiger partial charge in [-0.3, -0.25) is 9.09 Å². The Morgan fingerprint density at radius 2 is 1.67 bits per heavy atom. The van der Waals surface area contributed by atoms with Crippen molar-refractivity contribution in [3.8, 4) is 0 Å². The number of rotatable bonds is 3. The number of nitrogens with zero attached hydrogens (tertiary/aromatic N) is 2. The van der Waals surface area contributed by atoms with Gasteiger partial charge in [0.2, 0.25) is 0 Å². The van der Waals surface area contributed by atoms with Crippen molar-refractivity contribution in [1.29, 1.82) is 0 Å². The summed E-state index contributed by atoms with van der Waals surface area (Å²) in [5, 5.41) is 2.33. The molecular weight excluding hydrogens is 283 g/mol. The molecule has 1 atom stereocenters. The molecule has 2 aromatic rings. The second kappa shape index (κ2) is 5.54. The smallest absolute Gasteiger partial charge is 0.298 e. The van der Waals surface area contributed by atoms with Crippen LogP contribution in [0.2, 0.25) is 0 Å². The first-order chi connectivity index (χ1) is 10.0. The molecule has 0 unspecified atom stereocenters. The molecule has 0 amide bonds. The van der Waals surface area contributed by atoms with E-state index >= 15 is 0 Å². The number of hydrogen-bond acceptors (Lipinski definition) is 2. The summed E-state index contributed by atoms with van der Waals surface area (Å²) in [6.07, 6.45) is -0.218. The van der Waals surface area contributed by atoms with Crippen molar-refractivity contribution in [3.05, 3.63) is 48.0 Å². The van der Waals surface area contributed by atoms with Crippen LogP contribution in [0.1, 0.15) is 18.6 Å². The molecule has 1 aliphatic heterocycles. The number of benzene rings is 2. The van der Waals surface area contributed by atoms with Crippen molar-refractivity contribution in [2.24, 2.45) is 0 Å². The first kappa shape index (κ1) is 14.7. The van der Waals surface area contributed by atoms with E-state index < -0.39 is 7.67 Å². The van der Waals surface area contributed by atoms with Gasteiger partial charge in [-0.15, -0.1) is 0 Å². The summed E-state index contributed by atoms with van der Waals surface area (Å²) in [5.74, 6) is 0. The van der Waals surface area contributed by atoms with Gasteiger partial charge in [0.05, 0.1) is 6.10 Å². The van der Waals surface area contributed by atoms with Gasteiger partial charge in [-0.05, 0) is 37.4 Å². The van der Waals surface area contributed by atoms with E-state index in [-0.39, 0.29) is 6.10 Å². The Kier molecular flexibility index (Phi) is 3.89. The maximum absolute atomic E-state index is 13.0. The second-order valence-corrected chi connectivity index (χ2v) is 8.13. The van der Waals surface area contributed by atoms with E-state index in [0.29, 0.717) is 0 Å². The predicted molar refractivity (Wildman–Crippen MR) is 86.3 cm³/mol. The van der Waals surface area contributed by atoms with Crippen molar-refractivity contribution < 1.29 is 9.09 Å². The molecule has 5 heteroatoms. The zero-order valence-corrected chi connectivity index (χ0v) is 13.6. The van der Waals surface area contributed by atoms with Crippen LogP contribution in [-0.2, 0) is 9.09 Å². The highest BCUT2D eigenvalue weighted by molar-refractivity contribution is 7.54. The van der Waals surface area contributed by atoms with Gasteiger partial charge in [0, 0.05) is 13.1 Å². The van der Waals surface area contributed by atoms with Crippen molar-refractivity contribution in [2.75, 3.05) is 27.2 Å². The highest BCUT2D eigenvalue weighted by Crippen LogP contribution is 2.58. The maximum atomic E-state index is 13.0. The zero-order valence-electron chi connectivity index (χ0n) is 12.7. The lowest BCUT2D eigenvalue weighted by Gasteiger charge is -2.28. The molecule has 112 valence electrons. The molecule has 0 radical (unpaired) electrons. The van der Waals surface area contributed by atoms with E-state index in [4.69, 9.17) is 4.52 Å². The fourth-order valence-corrected chi connectivity index (χ4v) is 4.88. The molecule has 1 saturated heterocycles. The molecule has 0 aliphatic carbocycles. The fraction of sp³-hybridized carbons (Fsp3) is 0.375. The first-order valence-corrected chi connectivity index (χ1v) is 8.75. The highest BCUT2D eigenvalue weighted by Gasteiger charge is 2.41. The molecule has 0 saturated carbocycles. The summed E-state index contributed by atoms with van der Waals surface area (Å²) in [6.45, 7) is 3.52. The molecule has 4 nitrogen and oxygen atoms in total. The number of hydrogen-bond donors (Lipinski definition) is 0. The van der Waals surface area contributed by atoms with Crippen LogP contribution >= 0.6 is 7.67 Å². The van der Waals surface area contributed by atoms with Crippen LogP contribution in [0.5, 0.6) is 0 Å². The average Bonchev–Trinajstić information content (AvgIpc) is 2.74. The van der Waals surface area contributed by atoms with Crippen LogP contribution in [-0.4, -0.2) is 36.5 Å². The Morgan fingerprint density at radius 1 is 1.05 bits per heavy atom. The normalized spacial score (nSPS) is 20.9. The third kappa shape index (κ3) is 2.53. The van der Waals surface area contributed by atoms with Crippen LogP contribution < -0.4 is 0 Å². The second-order valence-electron chi connectivity index (χ2n) is 5.57. The van der Waals surface area contributed by atoms with Crippen LogP contribution in [0.3, 0.4) is 0 Å². The predicted octanol–water partition coefficient (Wildman–Crippen LogP) is 3.90.